The van der Waals surface area contributed by atoms with Gasteiger partial charge in [-0.2, -0.15) is 4.98 Å². The molecule has 2 N–H and O–H groups in total. The van der Waals surface area contributed by atoms with Crippen molar-refractivity contribution in [1.29, 1.82) is 0 Å². The van der Waals surface area contributed by atoms with Crippen molar-refractivity contribution in [2.75, 3.05) is 31.1 Å². The number of rotatable bonds is 5. The Kier molecular flexibility index (Phi) is 7.82. The summed E-state index contributed by atoms with van der Waals surface area (Å²) in [5.74, 6) is 0.658. The van der Waals surface area contributed by atoms with Crippen LogP contribution in [0, 0.1) is 0 Å². The van der Waals surface area contributed by atoms with Gasteiger partial charge in [0, 0.05) is 39.5 Å². The first-order valence-corrected chi connectivity index (χ1v) is 8.72. The number of hydrogen-bond donors (Lipinski definition) is 2. The molecule has 0 radical (unpaired) electrons. The molecule has 0 bridgehead atoms. The third-order valence-corrected chi connectivity index (χ3v) is 3.73. The van der Waals surface area contributed by atoms with E-state index in [1.54, 1.807) is 12.4 Å². The van der Waals surface area contributed by atoms with Gasteiger partial charge in [-0.15, -0.1) is 0 Å². The summed E-state index contributed by atoms with van der Waals surface area (Å²) < 4.78 is 5.93. The molecule has 0 saturated carbocycles. The van der Waals surface area contributed by atoms with Crippen LogP contribution in [0.25, 0.3) is 0 Å². The maximum Gasteiger partial charge on any atom is 0.300 e. The Morgan fingerprint density at radius 1 is 1.27 bits per heavy atom. The van der Waals surface area contributed by atoms with Crippen molar-refractivity contribution in [3.8, 4) is 5.88 Å². The number of carboxylic acids is 1. The van der Waals surface area contributed by atoms with Gasteiger partial charge in [0.15, 0.2) is 5.82 Å². The number of hydrogen-bond acceptors (Lipinski definition) is 6. The third kappa shape index (κ3) is 7.06. The summed E-state index contributed by atoms with van der Waals surface area (Å²) in [6, 6.07) is 10.3. The fourth-order valence-electron chi connectivity index (χ4n) is 2.64. The molecule has 0 aliphatic carbocycles. The van der Waals surface area contributed by atoms with Crippen LogP contribution in [0.5, 0.6) is 5.88 Å². The standard InChI is InChI=1S/C17H22N4O.C2H4O2/c1-14(11-15-5-3-2-4-6-15)22-17-13-19-12-16(20-17)21-9-7-18-8-10-21;1-2(3)4/h2-6,12-14,18H,7-11H2,1H3;1H3,(H,3,4). The number of carboxylic acid groups (broad SMARTS) is 1. The van der Waals surface area contributed by atoms with E-state index in [2.05, 4.69) is 39.2 Å². The smallest absolute Gasteiger partial charge is 0.300 e. The highest BCUT2D eigenvalue weighted by atomic mass is 16.5. The summed E-state index contributed by atoms with van der Waals surface area (Å²) in [6.45, 7) is 7.02. The maximum atomic E-state index is 9.00. The number of aliphatic carboxylic acids is 1. The highest BCUT2D eigenvalue weighted by Gasteiger charge is 2.14. The van der Waals surface area contributed by atoms with Crippen LogP contribution in [0.1, 0.15) is 19.4 Å². The number of anilines is 1. The Labute approximate surface area is 154 Å². The molecule has 1 atom stereocenters. The molecular formula is C19H26N4O3. The fourth-order valence-corrected chi connectivity index (χ4v) is 2.64. The summed E-state index contributed by atoms with van der Waals surface area (Å²) in [5.41, 5.74) is 1.27. The molecule has 26 heavy (non-hydrogen) atoms. The van der Waals surface area contributed by atoms with Crippen molar-refractivity contribution in [3.63, 3.8) is 0 Å². The lowest BCUT2D eigenvalue weighted by molar-refractivity contribution is -0.134. The van der Waals surface area contributed by atoms with Gasteiger partial charge in [0.2, 0.25) is 5.88 Å². The number of benzene rings is 1. The monoisotopic (exact) mass is 358 g/mol. The molecule has 0 spiro atoms. The molecule has 2 heterocycles. The lowest BCUT2D eigenvalue weighted by Gasteiger charge is -2.28. The van der Waals surface area contributed by atoms with E-state index in [0.29, 0.717) is 5.88 Å². The van der Waals surface area contributed by atoms with E-state index in [-0.39, 0.29) is 6.10 Å². The van der Waals surface area contributed by atoms with Crippen LogP contribution in [0.15, 0.2) is 42.7 Å². The molecule has 0 amide bonds. The molecule has 3 rings (SSSR count). The summed E-state index contributed by atoms with van der Waals surface area (Å²) in [7, 11) is 0. The second kappa shape index (κ2) is 10.4. The van der Waals surface area contributed by atoms with Gasteiger partial charge < -0.3 is 20.1 Å². The third-order valence-electron chi connectivity index (χ3n) is 3.73. The number of ether oxygens (including phenoxy) is 1. The normalized spacial score (nSPS) is 14.8. The quantitative estimate of drug-likeness (QED) is 0.845. The van der Waals surface area contributed by atoms with E-state index in [0.717, 1.165) is 45.3 Å². The largest absolute Gasteiger partial charge is 0.481 e. The van der Waals surface area contributed by atoms with Crippen LogP contribution in [-0.2, 0) is 11.2 Å². The topological polar surface area (TPSA) is 87.6 Å². The molecule has 1 unspecified atom stereocenters. The van der Waals surface area contributed by atoms with Crippen molar-refractivity contribution >= 4 is 11.8 Å². The van der Waals surface area contributed by atoms with E-state index in [9.17, 15) is 0 Å². The van der Waals surface area contributed by atoms with E-state index in [1.165, 1.54) is 5.56 Å². The summed E-state index contributed by atoms with van der Waals surface area (Å²) in [6.07, 6.45) is 4.42. The van der Waals surface area contributed by atoms with Gasteiger partial charge in [-0.3, -0.25) is 9.78 Å². The van der Waals surface area contributed by atoms with Crippen LogP contribution in [0.4, 0.5) is 5.82 Å². The van der Waals surface area contributed by atoms with Crippen molar-refractivity contribution < 1.29 is 14.6 Å². The highest BCUT2D eigenvalue weighted by Crippen LogP contribution is 2.16. The van der Waals surface area contributed by atoms with E-state index < -0.39 is 5.97 Å². The van der Waals surface area contributed by atoms with Gasteiger partial charge >= 0.3 is 0 Å². The lowest BCUT2D eigenvalue weighted by Crippen LogP contribution is -2.43. The Hall–Kier alpha value is -2.67. The SMILES string of the molecule is CC(=O)O.CC(Cc1ccccc1)Oc1cncc(N2CCNCC2)n1. The zero-order chi connectivity index (χ0) is 18.8. The zero-order valence-electron chi connectivity index (χ0n) is 15.3. The molecule has 1 aliphatic rings. The van der Waals surface area contributed by atoms with Gasteiger partial charge in [-0.05, 0) is 12.5 Å². The Morgan fingerprint density at radius 2 is 1.92 bits per heavy atom. The summed E-state index contributed by atoms with van der Waals surface area (Å²) in [4.78, 5) is 20.1. The van der Waals surface area contributed by atoms with Crippen molar-refractivity contribution in [2.45, 2.75) is 26.4 Å². The summed E-state index contributed by atoms with van der Waals surface area (Å²) >= 11 is 0. The first kappa shape index (κ1) is 19.7. The van der Waals surface area contributed by atoms with E-state index in [1.807, 2.05) is 18.2 Å². The predicted octanol–water partition coefficient (Wildman–Crippen LogP) is 1.99. The van der Waals surface area contributed by atoms with Gasteiger partial charge in [0.25, 0.3) is 5.97 Å². The maximum absolute atomic E-state index is 9.00. The Bertz CT molecular complexity index is 671. The van der Waals surface area contributed by atoms with Crippen LogP contribution >= 0.6 is 0 Å². The zero-order valence-corrected chi connectivity index (χ0v) is 15.3. The van der Waals surface area contributed by atoms with Gasteiger partial charge in [0.05, 0.1) is 12.4 Å². The number of aromatic nitrogens is 2. The minimum absolute atomic E-state index is 0.0648. The minimum atomic E-state index is -0.833. The Balaban J connectivity index is 0.000000552. The molecular weight excluding hydrogens is 332 g/mol. The molecule has 1 aromatic carbocycles. The molecule has 7 heteroatoms. The van der Waals surface area contributed by atoms with Crippen molar-refractivity contribution in [1.82, 2.24) is 15.3 Å². The lowest BCUT2D eigenvalue weighted by atomic mass is 10.1. The van der Waals surface area contributed by atoms with Crippen LogP contribution in [-0.4, -0.2) is 53.3 Å². The van der Waals surface area contributed by atoms with Crippen molar-refractivity contribution in [3.05, 3.63) is 48.3 Å². The van der Waals surface area contributed by atoms with E-state index >= 15 is 0 Å². The van der Waals surface area contributed by atoms with Crippen LogP contribution < -0.4 is 15.0 Å². The first-order chi connectivity index (χ1) is 12.5. The highest BCUT2D eigenvalue weighted by molar-refractivity contribution is 5.62. The van der Waals surface area contributed by atoms with Gasteiger partial charge in [0.1, 0.15) is 6.10 Å². The fraction of sp³-hybridized carbons (Fsp3) is 0.421. The molecule has 1 aliphatic heterocycles. The molecule has 7 nitrogen and oxygen atoms in total. The average Bonchev–Trinajstić information content (AvgIpc) is 2.63. The first-order valence-electron chi connectivity index (χ1n) is 8.72. The molecule has 1 aromatic heterocycles. The summed E-state index contributed by atoms with van der Waals surface area (Å²) in [5, 5.41) is 10.8. The van der Waals surface area contributed by atoms with Crippen LogP contribution in [0.2, 0.25) is 0 Å². The molecule has 1 saturated heterocycles. The van der Waals surface area contributed by atoms with Crippen molar-refractivity contribution in [2.24, 2.45) is 0 Å². The number of nitrogens with one attached hydrogen (secondary N) is 1. The van der Waals surface area contributed by atoms with Gasteiger partial charge in [-0.1, -0.05) is 30.3 Å². The molecule has 1 fully saturated rings. The number of carbonyl (C=O) groups is 1. The average molecular weight is 358 g/mol. The predicted molar refractivity (Wildman–Crippen MR) is 101 cm³/mol. The minimum Gasteiger partial charge on any atom is -0.481 e. The number of piperazine rings is 1. The number of nitrogens with zero attached hydrogens (tertiary/aromatic N) is 3. The van der Waals surface area contributed by atoms with Crippen LogP contribution in [0.3, 0.4) is 0 Å². The van der Waals surface area contributed by atoms with E-state index in [4.69, 9.17) is 14.6 Å². The Morgan fingerprint density at radius 3 is 2.58 bits per heavy atom. The molecule has 140 valence electrons. The molecule has 2 aromatic rings. The van der Waals surface area contributed by atoms with Gasteiger partial charge in [-0.25, -0.2) is 0 Å². The second-order valence-corrected chi connectivity index (χ2v) is 6.09. The second-order valence-electron chi connectivity index (χ2n) is 6.09.